The minimum Gasteiger partial charge on any atom is -0.490 e. The number of nitrogens with zero attached hydrogens (tertiary/aromatic N) is 2. The molecule has 7 nitrogen and oxygen atoms in total. The first-order valence-electron chi connectivity index (χ1n) is 13.6. The summed E-state index contributed by atoms with van der Waals surface area (Å²) in [4.78, 5) is 21.6. The van der Waals surface area contributed by atoms with Gasteiger partial charge < -0.3 is 19.4 Å². The summed E-state index contributed by atoms with van der Waals surface area (Å²) in [5, 5.41) is 13.9. The molecule has 7 heteroatoms. The molecule has 212 valence electrons. The largest absolute Gasteiger partial charge is 0.490 e. The Morgan fingerprint density at radius 1 is 0.878 bits per heavy atom. The van der Waals surface area contributed by atoms with Gasteiger partial charge in [-0.15, -0.1) is 0 Å². The van der Waals surface area contributed by atoms with E-state index in [4.69, 9.17) is 14.3 Å². The second-order valence-corrected chi connectivity index (χ2v) is 10.7. The molecule has 0 aliphatic carbocycles. The molecule has 4 rings (SSSR count). The van der Waals surface area contributed by atoms with Crippen LogP contribution >= 0.6 is 0 Å². The van der Waals surface area contributed by atoms with E-state index >= 15 is 0 Å². The van der Waals surface area contributed by atoms with E-state index in [9.17, 15) is 9.90 Å². The Labute approximate surface area is 241 Å². The minimum atomic E-state index is -1.01. The lowest BCUT2D eigenvalue weighted by Gasteiger charge is -2.20. The normalized spacial score (nSPS) is 12.4. The topological polar surface area (TPSA) is 90.2 Å². The summed E-state index contributed by atoms with van der Waals surface area (Å²) in [5.41, 5.74) is 5.70. The third kappa shape index (κ3) is 8.67. The Balaban J connectivity index is 1.22. The summed E-state index contributed by atoms with van der Waals surface area (Å²) in [5.74, 6) is 0.181. The molecule has 0 bridgehead atoms. The van der Waals surface area contributed by atoms with Gasteiger partial charge in [0.05, 0.1) is 11.4 Å². The van der Waals surface area contributed by atoms with E-state index in [1.165, 1.54) is 0 Å². The van der Waals surface area contributed by atoms with Crippen LogP contribution in [-0.2, 0) is 21.5 Å². The first kappa shape index (κ1) is 29.3. The van der Waals surface area contributed by atoms with Gasteiger partial charge in [-0.1, -0.05) is 80.5 Å². The highest BCUT2D eigenvalue weighted by molar-refractivity contribution is 5.98. The number of aliphatic carboxylic acids is 1. The van der Waals surface area contributed by atoms with E-state index in [2.05, 4.69) is 30.9 Å². The molecule has 41 heavy (non-hydrogen) atoms. The average Bonchev–Trinajstić information content (AvgIpc) is 2.97. The van der Waals surface area contributed by atoms with Crippen LogP contribution in [0.1, 0.15) is 44.4 Å². The molecule has 0 saturated carbocycles. The number of carboxylic acid groups (broad SMARTS) is 1. The lowest BCUT2D eigenvalue weighted by Crippen LogP contribution is -2.29. The Morgan fingerprint density at radius 3 is 2.17 bits per heavy atom. The van der Waals surface area contributed by atoms with Crippen LogP contribution in [0.3, 0.4) is 0 Å². The number of pyridine rings is 1. The van der Waals surface area contributed by atoms with Crippen molar-refractivity contribution in [2.24, 2.45) is 5.16 Å². The monoisotopic (exact) mass is 552 g/mol. The Morgan fingerprint density at radius 2 is 1.56 bits per heavy atom. The molecule has 1 atom stereocenters. The first-order chi connectivity index (χ1) is 19.7. The molecule has 0 amide bonds. The second-order valence-electron chi connectivity index (χ2n) is 10.7. The van der Waals surface area contributed by atoms with Crippen LogP contribution in [-0.4, -0.2) is 41.1 Å². The van der Waals surface area contributed by atoms with Crippen molar-refractivity contribution in [2.75, 3.05) is 13.2 Å². The number of aromatic nitrogens is 1. The predicted molar refractivity (Wildman–Crippen MR) is 161 cm³/mol. The zero-order valence-electron chi connectivity index (χ0n) is 23.9. The molecule has 1 aromatic heterocycles. The number of rotatable bonds is 12. The molecular weight excluding hydrogens is 516 g/mol. The highest BCUT2D eigenvalue weighted by Gasteiger charge is 2.21. The molecule has 4 aromatic rings. The molecule has 0 aliphatic rings. The van der Waals surface area contributed by atoms with Crippen molar-refractivity contribution in [3.8, 4) is 22.8 Å². The van der Waals surface area contributed by atoms with Crippen LogP contribution in [0, 0.1) is 0 Å². The molecule has 0 aliphatic heterocycles. The minimum absolute atomic E-state index is 0.0149. The van der Waals surface area contributed by atoms with Crippen LogP contribution < -0.4 is 9.47 Å². The maximum atomic E-state index is 11.8. The van der Waals surface area contributed by atoms with Gasteiger partial charge in [-0.05, 0) is 65.4 Å². The number of carbonyl (C=O) groups is 1. The van der Waals surface area contributed by atoms with E-state index in [1.807, 2.05) is 97.9 Å². The summed E-state index contributed by atoms with van der Waals surface area (Å²) in [6, 6.07) is 28.7. The fraction of sp³-hybridized carbons (Fsp3) is 0.265. The maximum absolute atomic E-state index is 11.8. The molecule has 1 unspecified atom stereocenters. The van der Waals surface area contributed by atoms with Crippen molar-refractivity contribution in [3.63, 3.8) is 0 Å². The van der Waals surface area contributed by atoms with Crippen LogP contribution in [0.5, 0.6) is 11.5 Å². The maximum Gasteiger partial charge on any atom is 0.345 e. The Kier molecular flexibility index (Phi) is 9.74. The molecule has 1 heterocycles. The third-order valence-corrected chi connectivity index (χ3v) is 6.53. The van der Waals surface area contributed by atoms with E-state index < -0.39 is 12.1 Å². The van der Waals surface area contributed by atoms with Gasteiger partial charge in [0.1, 0.15) is 18.1 Å². The van der Waals surface area contributed by atoms with Crippen molar-refractivity contribution in [1.82, 2.24) is 4.98 Å². The molecular formula is C34H36N2O5. The van der Waals surface area contributed by atoms with Gasteiger partial charge in [-0.3, -0.25) is 4.98 Å². The van der Waals surface area contributed by atoms with Crippen molar-refractivity contribution in [2.45, 2.75) is 45.6 Å². The fourth-order valence-corrected chi connectivity index (χ4v) is 4.12. The third-order valence-electron chi connectivity index (χ3n) is 6.53. The number of oxime groups is 1. The van der Waals surface area contributed by atoms with Gasteiger partial charge in [0.2, 0.25) is 0 Å². The fourth-order valence-electron chi connectivity index (χ4n) is 4.12. The van der Waals surface area contributed by atoms with E-state index in [-0.39, 0.29) is 18.4 Å². The second kappa shape index (κ2) is 13.6. The van der Waals surface area contributed by atoms with Crippen molar-refractivity contribution in [1.29, 1.82) is 0 Å². The van der Waals surface area contributed by atoms with Gasteiger partial charge in [-0.25, -0.2) is 4.79 Å². The number of carboxylic acids is 1. The molecule has 3 aromatic carbocycles. The number of hydrogen-bond donors (Lipinski definition) is 1. The van der Waals surface area contributed by atoms with Gasteiger partial charge in [0.25, 0.3) is 0 Å². The van der Waals surface area contributed by atoms with Crippen molar-refractivity contribution in [3.05, 3.63) is 114 Å². The van der Waals surface area contributed by atoms with Gasteiger partial charge in [-0.2, -0.15) is 0 Å². The lowest BCUT2D eigenvalue weighted by atomic mass is 9.87. The van der Waals surface area contributed by atoms with E-state index in [0.29, 0.717) is 18.1 Å². The first-order valence-corrected chi connectivity index (χ1v) is 13.6. The zero-order valence-corrected chi connectivity index (χ0v) is 23.9. The zero-order chi connectivity index (χ0) is 29.2. The van der Waals surface area contributed by atoms with Crippen LogP contribution in [0.4, 0.5) is 0 Å². The van der Waals surface area contributed by atoms with Gasteiger partial charge in [0.15, 0.2) is 12.7 Å². The molecule has 1 N–H and O–H groups in total. The van der Waals surface area contributed by atoms with Crippen molar-refractivity contribution < 1.29 is 24.2 Å². The average molecular weight is 553 g/mol. The summed E-state index contributed by atoms with van der Waals surface area (Å²) < 4.78 is 11.5. The summed E-state index contributed by atoms with van der Waals surface area (Å²) in [7, 11) is 0. The number of benzene rings is 3. The van der Waals surface area contributed by atoms with Crippen LogP contribution in [0.25, 0.3) is 11.3 Å². The number of hydrogen-bond acceptors (Lipinski definition) is 6. The standard InChI is InChI=1S/C34H36N2O5/c1-24(26-10-12-27(13-11-26)31-7-5-6-20-35-31)36-40-22-21-39-29-16-8-25(9-17-29)23-32(33(37)38)41-30-18-14-28(15-19-30)34(2,3)4/h5-20,32H,21-23H2,1-4H3,(H,37,38). The quantitative estimate of drug-likeness (QED) is 0.116. The predicted octanol–water partition coefficient (Wildman–Crippen LogP) is 6.94. The summed E-state index contributed by atoms with van der Waals surface area (Å²) >= 11 is 0. The molecule has 0 saturated heterocycles. The Hall–Kier alpha value is -4.65. The van der Waals surface area contributed by atoms with Gasteiger partial charge >= 0.3 is 5.97 Å². The molecule has 0 fully saturated rings. The molecule has 0 radical (unpaired) electrons. The Bertz CT molecular complexity index is 1430. The summed E-state index contributed by atoms with van der Waals surface area (Å²) in [6.07, 6.45) is 1.01. The van der Waals surface area contributed by atoms with E-state index in [1.54, 1.807) is 6.20 Å². The number of ether oxygens (including phenoxy) is 2. The van der Waals surface area contributed by atoms with Gasteiger partial charge in [0, 0.05) is 18.2 Å². The van der Waals surface area contributed by atoms with E-state index in [0.717, 1.165) is 33.7 Å². The molecule has 0 spiro atoms. The summed E-state index contributed by atoms with van der Waals surface area (Å²) in [6.45, 7) is 8.89. The van der Waals surface area contributed by atoms with Crippen molar-refractivity contribution >= 4 is 11.7 Å². The SMILES string of the molecule is CC(=NOCCOc1ccc(CC(Oc2ccc(C(C)(C)C)cc2)C(=O)O)cc1)c1ccc(-c2ccccn2)cc1. The highest BCUT2D eigenvalue weighted by Crippen LogP contribution is 2.25. The van der Waals surface area contributed by atoms with Crippen LogP contribution in [0.15, 0.2) is 102 Å². The van der Waals surface area contributed by atoms with Crippen LogP contribution in [0.2, 0.25) is 0 Å². The smallest absolute Gasteiger partial charge is 0.345 e. The lowest BCUT2D eigenvalue weighted by molar-refractivity contribution is -0.145. The highest BCUT2D eigenvalue weighted by atomic mass is 16.6.